The van der Waals surface area contributed by atoms with Crippen molar-refractivity contribution >= 4 is 23.4 Å². The van der Waals surface area contributed by atoms with E-state index in [2.05, 4.69) is 10.6 Å². The van der Waals surface area contributed by atoms with Crippen LogP contribution in [0.1, 0.15) is 19.4 Å². The van der Waals surface area contributed by atoms with E-state index in [1.807, 2.05) is 19.9 Å². The van der Waals surface area contributed by atoms with Gasteiger partial charge < -0.3 is 10.1 Å². The molecule has 1 heterocycles. The lowest BCUT2D eigenvalue weighted by Crippen LogP contribution is -2.27. The monoisotopic (exact) mass is 296 g/mol. The minimum atomic E-state index is -0.615. The third-order valence-electron chi connectivity index (χ3n) is 3.71. The Morgan fingerprint density at radius 1 is 1.14 bits per heavy atom. The van der Waals surface area contributed by atoms with Crippen LogP contribution in [0.25, 0.3) is 0 Å². The summed E-state index contributed by atoms with van der Waals surface area (Å²) >= 11 is 0. The molecule has 0 saturated heterocycles. The predicted molar refractivity (Wildman–Crippen MR) is 84.2 cm³/mol. The molecule has 22 heavy (non-hydrogen) atoms. The van der Waals surface area contributed by atoms with E-state index in [1.54, 1.807) is 42.5 Å². The largest absolute Gasteiger partial charge is 0.417 e. The molecule has 5 heteroatoms. The topological polar surface area (TPSA) is 67.4 Å². The number of amides is 2. The van der Waals surface area contributed by atoms with E-state index in [0.29, 0.717) is 11.4 Å². The molecule has 0 atom stereocenters. The van der Waals surface area contributed by atoms with Gasteiger partial charge in [0.05, 0.1) is 5.41 Å². The second-order valence-electron chi connectivity index (χ2n) is 5.67. The molecule has 0 unspecified atom stereocenters. The molecule has 2 aromatic carbocycles. The van der Waals surface area contributed by atoms with E-state index in [1.165, 1.54) is 0 Å². The molecule has 3 rings (SSSR count). The third-order valence-corrected chi connectivity index (χ3v) is 3.71. The van der Waals surface area contributed by atoms with Gasteiger partial charge in [0, 0.05) is 11.4 Å². The minimum absolute atomic E-state index is 0.0495. The van der Waals surface area contributed by atoms with E-state index >= 15 is 0 Å². The van der Waals surface area contributed by atoms with Crippen LogP contribution in [0.5, 0.6) is 5.75 Å². The van der Waals surface area contributed by atoms with Gasteiger partial charge in [-0.1, -0.05) is 18.2 Å². The maximum Gasteiger partial charge on any atom is 0.417 e. The van der Waals surface area contributed by atoms with Gasteiger partial charge in [-0.15, -0.1) is 0 Å². The molecule has 1 aliphatic heterocycles. The lowest BCUT2D eigenvalue weighted by atomic mass is 9.86. The maximum atomic E-state index is 11.9. The Kier molecular flexibility index (Phi) is 3.33. The highest BCUT2D eigenvalue weighted by atomic mass is 16.6. The number of hydrogen-bond donors (Lipinski definition) is 2. The molecule has 0 radical (unpaired) electrons. The van der Waals surface area contributed by atoms with Gasteiger partial charge in [0.2, 0.25) is 5.91 Å². The second-order valence-corrected chi connectivity index (χ2v) is 5.67. The van der Waals surface area contributed by atoms with E-state index in [0.717, 1.165) is 11.3 Å². The lowest BCUT2D eigenvalue weighted by molar-refractivity contribution is -0.119. The number of benzene rings is 2. The zero-order valence-corrected chi connectivity index (χ0v) is 12.3. The summed E-state index contributed by atoms with van der Waals surface area (Å²) < 4.78 is 5.18. The molecule has 0 aliphatic carbocycles. The van der Waals surface area contributed by atoms with Crippen molar-refractivity contribution in [1.29, 1.82) is 0 Å². The summed E-state index contributed by atoms with van der Waals surface area (Å²) in [5.74, 6) is 0.421. The highest BCUT2D eigenvalue weighted by Gasteiger charge is 2.38. The molecular weight excluding hydrogens is 280 g/mol. The normalized spacial score (nSPS) is 14.9. The van der Waals surface area contributed by atoms with Crippen LogP contribution in [0.15, 0.2) is 48.5 Å². The fraction of sp³-hybridized carbons (Fsp3) is 0.176. The predicted octanol–water partition coefficient (Wildman–Crippen LogP) is 3.53. The van der Waals surface area contributed by atoms with Gasteiger partial charge in [-0.25, -0.2) is 4.79 Å². The molecular formula is C17H16N2O3. The van der Waals surface area contributed by atoms with Gasteiger partial charge in [0.15, 0.2) is 0 Å². The summed E-state index contributed by atoms with van der Waals surface area (Å²) in [6.07, 6.45) is -0.568. The van der Waals surface area contributed by atoms with E-state index in [-0.39, 0.29) is 5.91 Å². The van der Waals surface area contributed by atoms with Gasteiger partial charge in [0.1, 0.15) is 5.75 Å². The van der Waals surface area contributed by atoms with Crippen molar-refractivity contribution in [3.05, 3.63) is 54.1 Å². The first-order chi connectivity index (χ1) is 10.5. The number of rotatable bonds is 2. The van der Waals surface area contributed by atoms with Gasteiger partial charge in [-0.2, -0.15) is 0 Å². The Balaban J connectivity index is 1.76. The van der Waals surface area contributed by atoms with E-state index in [9.17, 15) is 9.59 Å². The Morgan fingerprint density at radius 3 is 2.59 bits per heavy atom. The average molecular weight is 296 g/mol. The van der Waals surface area contributed by atoms with Gasteiger partial charge in [-0.05, 0) is 49.7 Å². The zero-order valence-electron chi connectivity index (χ0n) is 12.3. The van der Waals surface area contributed by atoms with Crippen LogP contribution in [0, 0.1) is 0 Å². The van der Waals surface area contributed by atoms with Crippen molar-refractivity contribution in [2.45, 2.75) is 19.3 Å². The number of fused-ring (bicyclic) bond motifs is 1. The van der Waals surface area contributed by atoms with Crippen LogP contribution in [-0.4, -0.2) is 12.0 Å². The van der Waals surface area contributed by atoms with Crippen molar-refractivity contribution in [3.8, 4) is 5.75 Å². The molecule has 5 nitrogen and oxygen atoms in total. The number of anilines is 2. The summed E-state index contributed by atoms with van der Waals surface area (Å²) in [5.41, 5.74) is 1.60. The fourth-order valence-corrected chi connectivity index (χ4v) is 2.39. The standard InChI is InChI=1S/C17H16N2O3/c1-17(2)13-10-11(8-9-14(13)19-15(17)20)18-16(21)22-12-6-4-3-5-7-12/h3-10H,1-2H3,(H,18,21)(H,19,20). The quantitative estimate of drug-likeness (QED) is 0.891. The average Bonchev–Trinajstić information content (AvgIpc) is 2.71. The zero-order chi connectivity index (χ0) is 15.7. The molecule has 2 N–H and O–H groups in total. The summed E-state index contributed by atoms with van der Waals surface area (Å²) in [7, 11) is 0. The first-order valence-corrected chi connectivity index (χ1v) is 6.97. The summed E-state index contributed by atoms with van der Waals surface area (Å²) in [6.45, 7) is 3.69. The molecule has 0 fully saturated rings. The van der Waals surface area contributed by atoms with E-state index in [4.69, 9.17) is 4.74 Å². The number of nitrogens with one attached hydrogen (secondary N) is 2. The van der Waals surface area contributed by atoms with Crippen molar-refractivity contribution in [2.75, 3.05) is 10.6 Å². The molecule has 0 bridgehead atoms. The van der Waals surface area contributed by atoms with Crippen LogP contribution < -0.4 is 15.4 Å². The molecule has 1 aliphatic rings. The maximum absolute atomic E-state index is 11.9. The second kappa shape index (κ2) is 5.18. The smallest absolute Gasteiger partial charge is 0.410 e. The Morgan fingerprint density at radius 2 is 1.86 bits per heavy atom. The minimum Gasteiger partial charge on any atom is -0.410 e. The highest BCUT2D eigenvalue weighted by Crippen LogP contribution is 2.38. The van der Waals surface area contributed by atoms with Gasteiger partial charge >= 0.3 is 6.09 Å². The lowest BCUT2D eigenvalue weighted by Gasteiger charge is -2.16. The van der Waals surface area contributed by atoms with Crippen molar-refractivity contribution < 1.29 is 14.3 Å². The van der Waals surface area contributed by atoms with Crippen LogP contribution >= 0.6 is 0 Å². The molecule has 0 saturated carbocycles. The van der Waals surface area contributed by atoms with Crippen molar-refractivity contribution in [2.24, 2.45) is 0 Å². The van der Waals surface area contributed by atoms with Crippen molar-refractivity contribution in [1.82, 2.24) is 0 Å². The molecule has 2 aromatic rings. The number of ether oxygens (including phenoxy) is 1. The Bertz CT molecular complexity index is 739. The van der Waals surface area contributed by atoms with E-state index < -0.39 is 11.5 Å². The highest BCUT2D eigenvalue weighted by molar-refractivity contribution is 6.06. The van der Waals surface area contributed by atoms with Crippen LogP contribution in [0.3, 0.4) is 0 Å². The molecule has 0 spiro atoms. The Hall–Kier alpha value is -2.82. The summed E-state index contributed by atoms with van der Waals surface area (Å²) in [5, 5.41) is 5.50. The number of para-hydroxylation sites is 1. The third kappa shape index (κ3) is 2.53. The number of hydrogen-bond acceptors (Lipinski definition) is 3. The molecule has 0 aromatic heterocycles. The summed E-state index contributed by atoms with van der Waals surface area (Å²) in [6, 6.07) is 14.1. The van der Waals surface area contributed by atoms with Gasteiger partial charge in [-0.3, -0.25) is 10.1 Å². The number of carbonyl (C=O) groups is 2. The molecule has 2 amide bonds. The molecule has 112 valence electrons. The Labute approximate surface area is 128 Å². The number of carbonyl (C=O) groups excluding carboxylic acids is 2. The fourth-order valence-electron chi connectivity index (χ4n) is 2.39. The SMILES string of the molecule is CC1(C)C(=O)Nc2ccc(NC(=O)Oc3ccccc3)cc21. The van der Waals surface area contributed by atoms with Crippen LogP contribution in [0.4, 0.5) is 16.2 Å². The van der Waals surface area contributed by atoms with Crippen LogP contribution in [0.2, 0.25) is 0 Å². The first-order valence-electron chi connectivity index (χ1n) is 6.97. The van der Waals surface area contributed by atoms with Crippen molar-refractivity contribution in [3.63, 3.8) is 0 Å². The van der Waals surface area contributed by atoms with Gasteiger partial charge in [0.25, 0.3) is 0 Å². The summed E-state index contributed by atoms with van der Waals surface area (Å²) in [4.78, 5) is 23.8. The van der Waals surface area contributed by atoms with Crippen LogP contribution in [-0.2, 0) is 10.2 Å². The first kappa shape index (κ1) is 14.1.